The van der Waals surface area contributed by atoms with Crippen LogP contribution in [0.2, 0.25) is 0 Å². The Labute approximate surface area is 216 Å². The second-order valence-corrected chi connectivity index (χ2v) is 12.7. The van der Waals surface area contributed by atoms with Gasteiger partial charge < -0.3 is 14.0 Å². The van der Waals surface area contributed by atoms with Gasteiger partial charge in [-0.3, -0.25) is 9.59 Å². The molecule has 0 fully saturated rings. The Kier molecular flexibility index (Phi) is 7.07. The zero-order valence-electron chi connectivity index (χ0n) is 22.0. The lowest BCUT2D eigenvalue weighted by molar-refractivity contribution is -0.139. The van der Waals surface area contributed by atoms with Crippen molar-refractivity contribution < 1.29 is 27.1 Å². The Hall–Kier alpha value is -3.04. The van der Waals surface area contributed by atoms with Crippen LogP contribution in [0.4, 0.5) is 4.39 Å². The molecule has 0 radical (unpaired) electrons. The Morgan fingerprint density at radius 2 is 1.86 bits per heavy atom. The molecule has 3 aromatic rings. The van der Waals surface area contributed by atoms with Crippen molar-refractivity contribution in [2.24, 2.45) is 7.05 Å². The summed E-state index contributed by atoms with van der Waals surface area (Å²) >= 11 is 0. The second-order valence-electron chi connectivity index (χ2n) is 10.6. The maximum absolute atomic E-state index is 15.4. The number of sulfone groups is 1. The molecule has 0 unspecified atom stereocenters. The molecule has 198 valence electrons. The van der Waals surface area contributed by atoms with Gasteiger partial charge in [0, 0.05) is 29.8 Å². The molecule has 0 saturated carbocycles. The number of Topliss-reactive ketones (excluding diaryl/α,β-unsaturated/α-hetero) is 1. The molecular weight excluding hydrogens is 497 g/mol. The first-order valence-corrected chi connectivity index (χ1v) is 14.2. The molecule has 0 aliphatic carbocycles. The summed E-state index contributed by atoms with van der Waals surface area (Å²) in [7, 11) is -2.17. The number of aromatic nitrogens is 1. The quantitative estimate of drug-likeness (QED) is 0.469. The van der Waals surface area contributed by atoms with E-state index in [0.29, 0.717) is 34.9 Å². The van der Waals surface area contributed by atoms with E-state index in [1.165, 1.54) is 17.7 Å². The van der Waals surface area contributed by atoms with Crippen LogP contribution in [0, 0.1) is 12.7 Å². The van der Waals surface area contributed by atoms with Gasteiger partial charge in [0.1, 0.15) is 5.75 Å². The fraction of sp³-hybridized carbons (Fsp3) is 0.429. The summed E-state index contributed by atoms with van der Waals surface area (Å²) in [5.41, 5.74) is 1.42. The molecule has 0 spiro atoms. The Morgan fingerprint density at radius 3 is 2.49 bits per heavy atom. The molecule has 0 amide bonds. The number of hydrogen-bond acceptors (Lipinski definition) is 6. The van der Waals surface area contributed by atoms with Crippen LogP contribution in [0.1, 0.15) is 50.1 Å². The monoisotopic (exact) mass is 529 g/mol. The van der Waals surface area contributed by atoms with Gasteiger partial charge in [-0.25, -0.2) is 12.8 Å². The molecule has 2 heterocycles. The van der Waals surface area contributed by atoms with Gasteiger partial charge in [-0.2, -0.15) is 0 Å². The second kappa shape index (κ2) is 9.68. The molecule has 1 aliphatic rings. The maximum atomic E-state index is 15.4. The Morgan fingerprint density at radius 1 is 1.22 bits per heavy atom. The standard InChI is InChI=1S/C28H32FNO6S/c1-16-17-12-9-13-35-25(17)21(29)14-20(16)23-18-10-7-8-11-19(18)27(32)30(5)24(23)26(36-28(2,3)4)22(31)15-37(6,33)34/h7-8,10-11,14,26H,9,12-13,15H2,1-6H3/t26-/m1/s1. The molecule has 1 aliphatic heterocycles. The topological polar surface area (TPSA) is 91.7 Å². The van der Waals surface area contributed by atoms with Crippen molar-refractivity contribution in [1.29, 1.82) is 0 Å². The average molecular weight is 530 g/mol. The highest BCUT2D eigenvalue weighted by Crippen LogP contribution is 2.43. The smallest absolute Gasteiger partial charge is 0.258 e. The number of halogens is 1. The molecule has 0 N–H and O–H groups in total. The van der Waals surface area contributed by atoms with Gasteiger partial charge in [-0.15, -0.1) is 0 Å². The number of benzene rings is 2. The van der Waals surface area contributed by atoms with Crippen LogP contribution < -0.4 is 10.3 Å². The van der Waals surface area contributed by atoms with E-state index in [0.717, 1.165) is 23.8 Å². The summed E-state index contributed by atoms with van der Waals surface area (Å²) in [6.07, 6.45) is 0.949. The fourth-order valence-corrected chi connectivity index (χ4v) is 5.62. The number of ether oxygens (including phenoxy) is 2. The van der Waals surface area contributed by atoms with Crippen LogP contribution >= 0.6 is 0 Å². The molecule has 0 bridgehead atoms. The Balaban J connectivity index is 2.15. The van der Waals surface area contributed by atoms with Gasteiger partial charge in [-0.05, 0) is 69.2 Å². The summed E-state index contributed by atoms with van der Waals surface area (Å²) in [6.45, 7) is 7.53. The first-order chi connectivity index (χ1) is 17.2. The average Bonchev–Trinajstić information content (AvgIpc) is 2.81. The number of nitrogens with zero attached hydrogens (tertiary/aromatic N) is 1. The van der Waals surface area contributed by atoms with Crippen molar-refractivity contribution in [2.45, 2.75) is 52.2 Å². The van der Waals surface area contributed by atoms with Gasteiger partial charge in [0.2, 0.25) is 0 Å². The van der Waals surface area contributed by atoms with E-state index in [9.17, 15) is 18.0 Å². The summed E-state index contributed by atoms with van der Waals surface area (Å²) < 4.78 is 52.7. The van der Waals surface area contributed by atoms with E-state index >= 15 is 4.39 Å². The highest BCUT2D eigenvalue weighted by molar-refractivity contribution is 7.91. The lowest BCUT2D eigenvalue weighted by atomic mass is 9.87. The van der Waals surface area contributed by atoms with Gasteiger partial charge >= 0.3 is 0 Å². The van der Waals surface area contributed by atoms with E-state index in [2.05, 4.69) is 0 Å². The zero-order valence-corrected chi connectivity index (χ0v) is 22.8. The first kappa shape index (κ1) is 27.0. The van der Waals surface area contributed by atoms with Gasteiger partial charge in [0.25, 0.3) is 5.56 Å². The molecular formula is C28H32FNO6S. The minimum Gasteiger partial charge on any atom is -0.490 e. The lowest BCUT2D eigenvalue weighted by Crippen LogP contribution is -2.35. The lowest BCUT2D eigenvalue weighted by Gasteiger charge is -2.31. The van der Waals surface area contributed by atoms with Gasteiger partial charge in [-0.1, -0.05) is 18.2 Å². The van der Waals surface area contributed by atoms with Crippen molar-refractivity contribution >= 4 is 26.4 Å². The number of carbonyl (C=O) groups excluding carboxylic acids is 1. The van der Waals surface area contributed by atoms with Crippen molar-refractivity contribution in [3.8, 4) is 16.9 Å². The minimum atomic E-state index is -3.70. The van der Waals surface area contributed by atoms with E-state index < -0.39 is 38.9 Å². The predicted molar refractivity (Wildman–Crippen MR) is 141 cm³/mol. The molecule has 1 atom stereocenters. The SMILES string of the molecule is Cc1c(-c2c([C@H](OC(C)(C)C)C(=O)CS(C)(=O)=O)n(C)c(=O)c3ccccc23)cc(F)c2c1CCCO2. The highest BCUT2D eigenvalue weighted by Gasteiger charge is 2.35. The van der Waals surface area contributed by atoms with Gasteiger partial charge in [0.05, 0.1) is 17.9 Å². The third kappa shape index (κ3) is 5.33. The van der Waals surface area contributed by atoms with E-state index in [-0.39, 0.29) is 17.0 Å². The van der Waals surface area contributed by atoms with Crippen molar-refractivity contribution in [2.75, 3.05) is 18.6 Å². The van der Waals surface area contributed by atoms with Crippen LogP contribution in [0.3, 0.4) is 0 Å². The summed E-state index contributed by atoms with van der Waals surface area (Å²) in [6, 6.07) is 8.29. The molecule has 7 nitrogen and oxygen atoms in total. The number of ketones is 1. The first-order valence-electron chi connectivity index (χ1n) is 12.1. The molecule has 0 saturated heterocycles. The van der Waals surface area contributed by atoms with Crippen LogP contribution in [0.15, 0.2) is 35.1 Å². The van der Waals surface area contributed by atoms with Crippen LogP contribution in [0.5, 0.6) is 5.75 Å². The summed E-state index contributed by atoms with van der Waals surface area (Å²) in [4.78, 5) is 27.0. The highest BCUT2D eigenvalue weighted by atomic mass is 32.2. The molecule has 37 heavy (non-hydrogen) atoms. The summed E-state index contributed by atoms with van der Waals surface area (Å²) in [5, 5.41) is 0.914. The molecule has 9 heteroatoms. The number of hydrogen-bond donors (Lipinski definition) is 0. The molecule has 4 rings (SSSR count). The number of rotatable bonds is 6. The number of fused-ring (bicyclic) bond motifs is 2. The maximum Gasteiger partial charge on any atom is 0.258 e. The van der Waals surface area contributed by atoms with Crippen molar-refractivity contribution in [1.82, 2.24) is 4.57 Å². The summed E-state index contributed by atoms with van der Waals surface area (Å²) in [5.74, 6) is -1.78. The fourth-order valence-electron chi connectivity index (χ4n) is 4.95. The largest absolute Gasteiger partial charge is 0.490 e. The van der Waals surface area contributed by atoms with Crippen LogP contribution in [-0.2, 0) is 32.8 Å². The molecule has 1 aromatic heterocycles. The normalized spacial score (nSPS) is 14.8. The minimum absolute atomic E-state index is 0.187. The zero-order chi connectivity index (χ0) is 27.3. The van der Waals surface area contributed by atoms with Crippen LogP contribution in [0.25, 0.3) is 21.9 Å². The van der Waals surface area contributed by atoms with Crippen LogP contribution in [-0.4, -0.2) is 43.0 Å². The van der Waals surface area contributed by atoms with E-state index in [4.69, 9.17) is 9.47 Å². The van der Waals surface area contributed by atoms with E-state index in [1.807, 2.05) is 6.92 Å². The van der Waals surface area contributed by atoms with E-state index in [1.54, 1.807) is 45.0 Å². The number of carbonyl (C=O) groups is 1. The third-order valence-corrected chi connectivity index (χ3v) is 7.28. The van der Waals surface area contributed by atoms with Gasteiger partial charge in [0.15, 0.2) is 33.3 Å². The predicted octanol–water partition coefficient (Wildman–Crippen LogP) is 4.45. The van der Waals surface area contributed by atoms with Crippen molar-refractivity contribution in [3.05, 3.63) is 63.3 Å². The Bertz CT molecular complexity index is 1570. The number of pyridine rings is 1. The third-order valence-electron chi connectivity index (χ3n) is 6.47. The van der Waals surface area contributed by atoms with Crippen molar-refractivity contribution in [3.63, 3.8) is 0 Å². The molecule has 2 aromatic carbocycles.